The van der Waals surface area contributed by atoms with Crippen molar-refractivity contribution < 1.29 is 5.11 Å². The molecule has 0 heterocycles. The number of nitrogens with one attached hydrogen (secondary N) is 1. The molecule has 0 saturated heterocycles. The first-order valence-electron chi connectivity index (χ1n) is 6.32. The summed E-state index contributed by atoms with van der Waals surface area (Å²) in [6.07, 6.45) is 3.20. The molecule has 2 heteroatoms. The van der Waals surface area contributed by atoms with Crippen molar-refractivity contribution in [1.29, 1.82) is 0 Å². The largest absolute Gasteiger partial charge is 0.376 e. The van der Waals surface area contributed by atoms with Crippen molar-refractivity contribution in [2.75, 3.05) is 0 Å². The summed E-state index contributed by atoms with van der Waals surface area (Å²) in [5.41, 5.74) is 0.564. The summed E-state index contributed by atoms with van der Waals surface area (Å²) in [6.45, 7) is 14.6. The van der Waals surface area contributed by atoms with Gasteiger partial charge in [0.1, 0.15) is 5.72 Å². The standard InChI is InChI=1S/C14H29NO/c1-10(2)8-12(5)9-13(6)14(7,16)15-11(3)4/h8,10-11,13,15-16H,9H2,1-7H3. The fraction of sp³-hybridized carbons (Fsp3) is 0.857. The normalized spacial score (nSPS) is 19.0. The van der Waals surface area contributed by atoms with E-state index in [4.69, 9.17) is 0 Å². The van der Waals surface area contributed by atoms with E-state index in [2.05, 4.69) is 52.9 Å². The number of rotatable bonds is 6. The van der Waals surface area contributed by atoms with Crippen molar-refractivity contribution in [2.24, 2.45) is 11.8 Å². The van der Waals surface area contributed by atoms with Gasteiger partial charge in [-0.2, -0.15) is 0 Å². The molecule has 96 valence electrons. The molecule has 2 N–H and O–H groups in total. The third-order valence-corrected chi connectivity index (χ3v) is 2.79. The van der Waals surface area contributed by atoms with Crippen LogP contribution in [0.2, 0.25) is 0 Å². The van der Waals surface area contributed by atoms with Gasteiger partial charge in [0.2, 0.25) is 0 Å². The van der Waals surface area contributed by atoms with E-state index in [1.54, 1.807) is 0 Å². The molecule has 0 aliphatic heterocycles. The summed E-state index contributed by atoms with van der Waals surface area (Å²) >= 11 is 0. The molecule has 0 aromatic rings. The number of hydrogen-bond donors (Lipinski definition) is 2. The van der Waals surface area contributed by atoms with E-state index < -0.39 is 5.72 Å². The Morgan fingerprint density at radius 1 is 1.25 bits per heavy atom. The van der Waals surface area contributed by atoms with Crippen LogP contribution in [0.5, 0.6) is 0 Å². The average molecular weight is 227 g/mol. The first-order chi connectivity index (χ1) is 7.15. The highest BCUT2D eigenvalue weighted by Gasteiger charge is 2.28. The summed E-state index contributed by atoms with van der Waals surface area (Å²) in [7, 11) is 0. The third kappa shape index (κ3) is 6.29. The molecule has 16 heavy (non-hydrogen) atoms. The first kappa shape index (κ1) is 15.7. The molecule has 0 aromatic carbocycles. The Morgan fingerprint density at radius 2 is 1.75 bits per heavy atom. The van der Waals surface area contributed by atoms with Crippen molar-refractivity contribution in [3.63, 3.8) is 0 Å². The van der Waals surface area contributed by atoms with E-state index in [-0.39, 0.29) is 5.92 Å². The highest BCUT2D eigenvalue weighted by Crippen LogP contribution is 2.22. The lowest BCUT2D eigenvalue weighted by Crippen LogP contribution is -2.50. The fourth-order valence-corrected chi connectivity index (χ4v) is 2.05. The van der Waals surface area contributed by atoms with Gasteiger partial charge in [-0.3, -0.25) is 5.32 Å². The molecule has 2 nitrogen and oxygen atoms in total. The van der Waals surface area contributed by atoms with Gasteiger partial charge in [-0.1, -0.05) is 32.4 Å². The van der Waals surface area contributed by atoms with Crippen LogP contribution in [-0.4, -0.2) is 16.9 Å². The zero-order valence-corrected chi connectivity index (χ0v) is 12.0. The minimum Gasteiger partial charge on any atom is -0.376 e. The van der Waals surface area contributed by atoms with Crippen molar-refractivity contribution in [2.45, 2.75) is 66.7 Å². The minimum atomic E-state index is -0.791. The molecule has 0 rings (SSSR count). The molecule has 0 spiro atoms. The molecule has 2 unspecified atom stereocenters. The Hall–Kier alpha value is -0.340. The molecule has 0 saturated carbocycles. The fourth-order valence-electron chi connectivity index (χ4n) is 2.05. The smallest absolute Gasteiger partial charge is 0.116 e. The zero-order chi connectivity index (χ0) is 12.9. The van der Waals surface area contributed by atoms with Crippen LogP contribution in [0, 0.1) is 11.8 Å². The number of hydrogen-bond acceptors (Lipinski definition) is 2. The topological polar surface area (TPSA) is 32.3 Å². The Bertz CT molecular complexity index is 229. The summed E-state index contributed by atoms with van der Waals surface area (Å²) in [6, 6.07) is 0.298. The van der Waals surface area contributed by atoms with Gasteiger partial charge >= 0.3 is 0 Å². The average Bonchev–Trinajstić information content (AvgIpc) is 1.98. The quantitative estimate of drug-likeness (QED) is 0.539. The highest BCUT2D eigenvalue weighted by atomic mass is 16.3. The first-order valence-corrected chi connectivity index (χ1v) is 6.32. The predicted octanol–water partition coefficient (Wildman–Crippen LogP) is 3.32. The van der Waals surface area contributed by atoms with Gasteiger partial charge in [0.05, 0.1) is 0 Å². The molecule has 0 aromatic heterocycles. The summed E-state index contributed by atoms with van der Waals surface area (Å²) in [5, 5.41) is 13.5. The minimum absolute atomic E-state index is 0.213. The number of allylic oxidation sites excluding steroid dienone is 2. The van der Waals surface area contributed by atoms with Gasteiger partial charge < -0.3 is 5.11 Å². The zero-order valence-electron chi connectivity index (χ0n) is 12.0. The molecule has 0 amide bonds. The molecule has 2 atom stereocenters. The van der Waals surface area contributed by atoms with Crippen LogP contribution in [0.25, 0.3) is 0 Å². The van der Waals surface area contributed by atoms with Crippen LogP contribution in [0.4, 0.5) is 0 Å². The second-order valence-electron chi connectivity index (χ2n) is 5.81. The van der Waals surface area contributed by atoms with Crippen LogP contribution >= 0.6 is 0 Å². The van der Waals surface area contributed by atoms with Crippen LogP contribution in [0.3, 0.4) is 0 Å². The molecule has 0 fully saturated rings. The van der Waals surface area contributed by atoms with E-state index >= 15 is 0 Å². The second kappa shape index (κ2) is 6.41. The van der Waals surface area contributed by atoms with Crippen LogP contribution in [-0.2, 0) is 0 Å². The maximum atomic E-state index is 10.3. The Kier molecular flexibility index (Phi) is 6.27. The Balaban J connectivity index is 4.39. The third-order valence-electron chi connectivity index (χ3n) is 2.79. The van der Waals surface area contributed by atoms with Crippen LogP contribution in [0.15, 0.2) is 11.6 Å². The highest BCUT2D eigenvalue weighted by molar-refractivity contribution is 5.02. The lowest BCUT2D eigenvalue weighted by atomic mass is 9.90. The summed E-state index contributed by atoms with van der Waals surface area (Å²) in [4.78, 5) is 0. The molecular formula is C14H29NO. The molecule has 0 aliphatic rings. The van der Waals surface area contributed by atoms with Gasteiger partial charge in [-0.05, 0) is 40.0 Å². The SMILES string of the molecule is CC(=CC(C)C)CC(C)C(C)(O)NC(C)C. The van der Waals surface area contributed by atoms with Gasteiger partial charge in [0.15, 0.2) is 0 Å². The lowest BCUT2D eigenvalue weighted by Gasteiger charge is -2.33. The van der Waals surface area contributed by atoms with Gasteiger partial charge in [0.25, 0.3) is 0 Å². The van der Waals surface area contributed by atoms with Gasteiger partial charge in [-0.25, -0.2) is 0 Å². The van der Waals surface area contributed by atoms with E-state index in [0.717, 1.165) is 6.42 Å². The van der Waals surface area contributed by atoms with Crippen molar-refractivity contribution in [3.05, 3.63) is 11.6 Å². The molecular weight excluding hydrogens is 198 g/mol. The molecule has 0 radical (unpaired) electrons. The summed E-state index contributed by atoms with van der Waals surface area (Å²) < 4.78 is 0. The van der Waals surface area contributed by atoms with E-state index in [1.807, 2.05) is 6.92 Å². The second-order valence-corrected chi connectivity index (χ2v) is 5.81. The van der Waals surface area contributed by atoms with Gasteiger partial charge in [-0.15, -0.1) is 0 Å². The maximum absolute atomic E-state index is 10.3. The monoisotopic (exact) mass is 227 g/mol. The van der Waals surface area contributed by atoms with Crippen molar-refractivity contribution in [1.82, 2.24) is 5.32 Å². The summed E-state index contributed by atoms with van der Waals surface area (Å²) in [5.74, 6) is 0.792. The van der Waals surface area contributed by atoms with E-state index in [1.165, 1.54) is 5.57 Å². The van der Waals surface area contributed by atoms with E-state index in [9.17, 15) is 5.11 Å². The van der Waals surface area contributed by atoms with Crippen LogP contribution in [0.1, 0.15) is 54.9 Å². The predicted molar refractivity (Wildman–Crippen MR) is 71.3 cm³/mol. The molecule has 0 bridgehead atoms. The Morgan fingerprint density at radius 3 is 2.12 bits per heavy atom. The van der Waals surface area contributed by atoms with Gasteiger partial charge in [0, 0.05) is 12.0 Å². The van der Waals surface area contributed by atoms with Crippen LogP contribution < -0.4 is 5.32 Å². The lowest BCUT2D eigenvalue weighted by molar-refractivity contribution is -0.0328. The van der Waals surface area contributed by atoms with E-state index in [0.29, 0.717) is 12.0 Å². The van der Waals surface area contributed by atoms with Crippen molar-refractivity contribution >= 4 is 0 Å². The maximum Gasteiger partial charge on any atom is 0.116 e. The molecule has 0 aliphatic carbocycles. The van der Waals surface area contributed by atoms with Crippen molar-refractivity contribution in [3.8, 4) is 0 Å². The Labute approximate surface area is 101 Å². The number of aliphatic hydroxyl groups is 1.